The van der Waals surface area contributed by atoms with E-state index in [1.807, 2.05) is 0 Å². The van der Waals surface area contributed by atoms with Crippen LogP contribution in [-0.2, 0) is 19.6 Å². The van der Waals surface area contributed by atoms with E-state index in [9.17, 15) is 18.0 Å². The number of ether oxygens (including phenoxy) is 1. The number of carbonyl (C=O) groups is 2. The van der Waals surface area contributed by atoms with E-state index in [4.69, 9.17) is 21.5 Å². The average molecular weight is 408 g/mol. The second-order valence-electron chi connectivity index (χ2n) is 5.50. The van der Waals surface area contributed by atoms with Crippen LogP contribution in [0.3, 0.4) is 0 Å². The lowest BCUT2D eigenvalue weighted by atomic mass is 10.2. The maximum atomic E-state index is 12.8. The molecule has 0 saturated heterocycles. The summed E-state index contributed by atoms with van der Waals surface area (Å²) in [6.07, 6.45) is 0. The van der Waals surface area contributed by atoms with Gasteiger partial charge in [-0.15, -0.1) is 0 Å². The second-order valence-corrected chi connectivity index (χ2v) is 7.44. The molecule has 1 heterocycles. The van der Waals surface area contributed by atoms with E-state index in [1.165, 1.54) is 31.4 Å². The van der Waals surface area contributed by atoms with Gasteiger partial charge in [0.2, 0.25) is 10.0 Å². The lowest BCUT2D eigenvalue weighted by molar-refractivity contribution is -0.120. The number of amides is 2. The van der Waals surface area contributed by atoms with Gasteiger partial charge in [0.25, 0.3) is 11.8 Å². The fourth-order valence-corrected chi connectivity index (χ4v) is 3.24. The molecule has 2 amide bonds. The van der Waals surface area contributed by atoms with Crippen LogP contribution in [0.5, 0.6) is 5.75 Å². The number of benzene rings is 2. The van der Waals surface area contributed by atoms with Crippen LogP contribution >= 0.6 is 11.6 Å². The first-order valence-electron chi connectivity index (χ1n) is 7.55. The van der Waals surface area contributed by atoms with Crippen molar-refractivity contribution in [3.8, 4) is 5.75 Å². The van der Waals surface area contributed by atoms with Crippen LogP contribution in [0.4, 0.5) is 11.4 Å². The molecule has 3 N–H and O–H groups in total. The van der Waals surface area contributed by atoms with E-state index in [-0.39, 0.29) is 21.3 Å². The highest BCUT2D eigenvalue weighted by molar-refractivity contribution is 7.89. The lowest BCUT2D eigenvalue weighted by Gasteiger charge is -2.17. The smallest absolute Gasteiger partial charge is 0.283 e. The maximum Gasteiger partial charge on any atom is 0.283 e. The number of anilines is 2. The van der Waals surface area contributed by atoms with Crippen LogP contribution in [0.2, 0.25) is 0 Å². The minimum Gasteiger partial charge on any atom is -0.495 e. The van der Waals surface area contributed by atoms with Crippen molar-refractivity contribution in [2.45, 2.75) is 4.90 Å². The lowest BCUT2D eigenvalue weighted by Crippen LogP contribution is -2.32. The first kappa shape index (κ1) is 18.9. The standard InChI is InChI=1S/C17H14ClN3O5S/c1-26-13-5-3-2-4-12(13)21-16(22)14(18)15(17(21)23)20-10-6-8-11(9-7-10)27(19,24)25/h2-9,20H,1H3,(H2,19,24,25). The highest BCUT2D eigenvalue weighted by Crippen LogP contribution is 2.35. The van der Waals surface area contributed by atoms with E-state index in [2.05, 4.69) is 5.32 Å². The molecule has 0 saturated carbocycles. The zero-order valence-corrected chi connectivity index (χ0v) is 15.5. The molecule has 0 radical (unpaired) electrons. The largest absolute Gasteiger partial charge is 0.495 e. The summed E-state index contributed by atoms with van der Waals surface area (Å²) in [7, 11) is -2.42. The first-order chi connectivity index (χ1) is 12.7. The van der Waals surface area contributed by atoms with Crippen molar-refractivity contribution in [3.05, 3.63) is 59.3 Å². The number of hydrogen-bond acceptors (Lipinski definition) is 6. The molecular formula is C17H14ClN3O5S. The predicted molar refractivity (Wildman–Crippen MR) is 99.8 cm³/mol. The molecule has 1 aliphatic rings. The normalized spacial score (nSPS) is 14.7. The Morgan fingerprint density at radius 3 is 2.26 bits per heavy atom. The van der Waals surface area contributed by atoms with Gasteiger partial charge in [-0.05, 0) is 36.4 Å². The number of primary sulfonamides is 1. The van der Waals surface area contributed by atoms with Crippen LogP contribution < -0.4 is 20.1 Å². The van der Waals surface area contributed by atoms with E-state index in [0.29, 0.717) is 11.4 Å². The number of carbonyl (C=O) groups excluding carboxylic acids is 2. The van der Waals surface area contributed by atoms with Crippen molar-refractivity contribution in [2.75, 3.05) is 17.3 Å². The zero-order chi connectivity index (χ0) is 19.8. The first-order valence-corrected chi connectivity index (χ1v) is 9.48. The van der Waals surface area contributed by atoms with Gasteiger partial charge in [-0.2, -0.15) is 0 Å². The van der Waals surface area contributed by atoms with Crippen molar-refractivity contribution in [2.24, 2.45) is 5.14 Å². The molecule has 0 fully saturated rings. The molecule has 0 spiro atoms. The summed E-state index contributed by atoms with van der Waals surface area (Å²) in [4.78, 5) is 26.1. The van der Waals surface area contributed by atoms with Crippen molar-refractivity contribution in [1.82, 2.24) is 0 Å². The summed E-state index contributed by atoms with van der Waals surface area (Å²) in [6.45, 7) is 0. The van der Waals surface area contributed by atoms with E-state index in [1.54, 1.807) is 24.3 Å². The molecule has 0 unspecified atom stereocenters. The summed E-state index contributed by atoms with van der Waals surface area (Å²) in [5.74, 6) is -1.03. The van der Waals surface area contributed by atoms with Gasteiger partial charge >= 0.3 is 0 Å². The van der Waals surface area contributed by atoms with Gasteiger partial charge in [-0.3, -0.25) is 9.59 Å². The Kier molecular flexibility index (Phi) is 4.92. The minimum atomic E-state index is -3.84. The number of methoxy groups -OCH3 is 1. The van der Waals surface area contributed by atoms with Gasteiger partial charge in [0, 0.05) is 5.69 Å². The number of halogens is 1. The Morgan fingerprint density at radius 1 is 1.04 bits per heavy atom. The van der Waals surface area contributed by atoms with Gasteiger partial charge in [-0.1, -0.05) is 23.7 Å². The number of nitrogens with two attached hydrogens (primary N) is 1. The van der Waals surface area contributed by atoms with Crippen molar-refractivity contribution in [1.29, 1.82) is 0 Å². The Bertz CT molecular complexity index is 1060. The van der Waals surface area contributed by atoms with Crippen LogP contribution in [0.25, 0.3) is 0 Å². The number of rotatable bonds is 5. The topological polar surface area (TPSA) is 119 Å². The van der Waals surface area contributed by atoms with Crippen LogP contribution in [-0.4, -0.2) is 27.3 Å². The second kappa shape index (κ2) is 7.03. The molecule has 0 aromatic heterocycles. The summed E-state index contributed by atoms with van der Waals surface area (Å²) < 4.78 is 27.8. The van der Waals surface area contributed by atoms with Crippen molar-refractivity contribution in [3.63, 3.8) is 0 Å². The Labute approximate surface area is 160 Å². The van der Waals surface area contributed by atoms with Gasteiger partial charge in [0.05, 0.1) is 17.7 Å². The summed E-state index contributed by atoms with van der Waals surface area (Å²) >= 11 is 6.07. The molecule has 140 valence electrons. The third-order valence-corrected chi connectivity index (χ3v) is 5.09. The molecule has 0 aliphatic carbocycles. The number of nitrogens with one attached hydrogen (secondary N) is 1. The van der Waals surface area contributed by atoms with Crippen LogP contribution in [0, 0.1) is 0 Å². The molecule has 10 heteroatoms. The SMILES string of the molecule is COc1ccccc1N1C(=O)C(Cl)=C(Nc2ccc(S(N)(=O)=O)cc2)C1=O. The molecule has 1 aliphatic heterocycles. The predicted octanol–water partition coefficient (Wildman–Crippen LogP) is 1.78. The van der Waals surface area contributed by atoms with Gasteiger partial charge in [0.15, 0.2) is 0 Å². The number of sulfonamides is 1. The third-order valence-electron chi connectivity index (χ3n) is 3.81. The number of hydrogen-bond donors (Lipinski definition) is 2. The van der Waals surface area contributed by atoms with Gasteiger partial charge in [-0.25, -0.2) is 18.5 Å². The summed E-state index contributed by atoms with van der Waals surface area (Å²) in [5, 5.41) is 7.50. The zero-order valence-electron chi connectivity index (χ0n) is 14.0. The third kappa shape index (κ3) is 3.52. The molecule has 2 aromatic carbocycles. The molecular weight excluding hydrogens is 394 g/mol. The molecule has 3 rings (SSSR count). The average Bonchev–Trinajstić information content (AvgIpc) is 2.85. The summed E-state index contributed by atoms with van der Waals surface area (Å²) in [6, 6.07) is 11.9. The Morgan fingerprint density at radius 2 is 1.67 bits per heavy atom. The summed E-state index contributed by atoms with van der Waals surface area (Å²) in [5.41, 5.74) is 0.490. The molecule has 0 atom stereocenters. The fourth-order valence-electron chi connectivity index (χ4n) is 2.52. The monoisotopic (exact) mass is 407 g/mol. The number of para-hydroxylation sites is 2. The molecule has 0 bridgehead atoms. The number of nitrogens with zero attached hydrogens (tertiary/aromatic N) is 1. The Hall–Kier alpha value is -2.88. The van der Waals surface area contributed by atoms with E-state index in [0.717, 1.165) is 4.90 Å². The van der Waals surface area contributed by atoms with Gasteiger partial charge < -0.3 is 10.1 Å². The molecule has 27 heavy (non-hydrogen) atoms. The maximum absolute atomic E-state index is 12.8. The van der Waals surface area contributed by atoms with Crippen molar-refractivity contribution >= 4 is 44.8 Å². The quantitative estimate of drug-likeness (QED) is 0.729. The molecule has 2 aromatic rings. The highest BCUT2D eigenvalue weighted by Gasteiger charge is 2.40. The van der Waals surface area contributed by atoms with Crippen LogP contribution in [0.15, 0.2) is 64.2 Å². The van der Waals surface area contributed by atoms with E-state index >= 15 is 0 Å². The number of imide groups is 1. The van der Waals surface area contributed by atoms with E-state index < -0.39 is 21.8 Å². The fraction of sp³-hybridized carbons (Fsp3) is 0.0588. The highest BCUT2D eigenvalue weighted by atomic mass is 35.5. The minimum absolute atomic E-state index is 0.0856. The van der Waals surface area contributed by atoms with Crippen molar-refractivity contribution < 1.29 is 22.7 Å². The van der Waals surface area contributed by atoms with Gasteiger partial charge in [0.1, 0.15) is 16.5 Å². The Balaban J connectivity index is 1.91. The molecule has 8 nitrogen and oxygen atoms in total. The van der Waals surface area contributed by atoms with Crippen LogP contribution in [0.1, 0.15) is 0 Å².